The van der Waals surface area contributed by atoms with Crippen molar-refractivity contribution in [2.24, 2.45) is 0 Å². The summed E-state index contributed by atoms with van der Waals surface area (Å²) in [4.78, 5) is 0. The highest BCUT2D eigenvalue weighted by atomic mass is 127. The van der Waals surface area contributed by atoms with Crippen molar-refractivity contribution in [3.63, 3.8) is 0 Å². The van der Waals surface area contributed by atoms with Crippen LogP contribution in [0.1, 0.15) is 11.1 Å². The lowest BCUT2D eigenvalue weighted by atomic mass is 10.1. The Bertz CT molecular complexity index is 380. The van der Waals surface area contributed by atoms with Gasteiger partial charge in [0, 0.05) is 5.56 Å². The van der Waals surface area contributed by atoms with E-state index in [1.54, 1.807) is 0 Å². The lowest BCUT2D eigenvalue weighted by Crippen LogP contribution is -1.96. The summed E-state index contributed by atoms with van der Waals surface area (Å²) in [5.41, 5.74) is 1.77. The normalized spacial score (nSPS) is 10.5. The summed E-state index contributed by atoms with van der Waals surface area (Å²) in [6.07, 6.45) is 0. The average molecular weight is 326 g/mol. The molecule has 0 aliphatic heterocycles. The van der Waals surface area contributed by atoms with E-state index in [4.69, 9.17) is 4.74 Å². The second-order valence-electron chi connectivity index (χ2n) is 2.86. The van der Waals surface area contributed by atoms with Crippen molar-refractivity contribution < 1.29 is 13.2 Å². The predicted octanol–water partition coefficient (Wildman–Crippen LogP) is 1.88. The monoisotopic (exact) mass is 326 g/mol. The van der Waals surface area contributed by atoms with Crippen LogP contribution in [0.3, 0.4) is 0 Å². The Morgan fingerprint density at radius 2 is 2.14 bits per heavy atom. The molecule has 3 nitrogen and oxygen atoms in total. The van der Waals surface area contributed by atoms with Crippen molar-refractivity contribution >= 4 is 33.3 Å². The Hall–Kier alpha value is -0.300. The molecular formula is C9H11IO3S. The van der Waals surface area contributed by atoms with Crippen molar-refractivity contribution in [1.82, 2.24) is 0 Å². The van der Waals surface area contributed by atoms with Crippen LogP contribution in [0, 0.1) is 6.92 Å². The van der Waals surface area contributed by atoms with E-state index in [0.717, 1.165) is 11.1 Å². The first-order valence-electron chi connectivity index (χ1n) is 4.03. The molecular weight excluding hydrogens is 315 g/mol. The molecule has 0 saturated heterocycles. The van der Waals surface area contributed by atoms with E-state index >= 15 is 0 Å². The summed E-state index contributed by atoms with van der Waals surface area (Å²) >= 11 is 2.08. The number of hydrogen-bond donors (Lipinski definition) is 1. The molecule has 0 saturated carbocycles. The van der Waals surface area contributed by atoms with Crippen LogP contribution in [0.4, 0.5) is 0 Å². The molecule has 0 radical (unpaired) electrons. The van der Waals surface area contributed by atoms with Gasteiger partial charge in [-0.15, -0.1) is 0 Å². The van der Waals surface area contributed by atoms with Gasteiger partial charge in [0.1, 0.15) is 21.1 Å². The third kappa shape index (κ3) is 3.45. The highest BCUT2D eigenvalue weighted by Gasteiger charge is 2.04. The number of ether oxygens (including phenoxy) is 1. The first kappa shape index (κ1) is 11.8. The smallest absolute Gasteiger partial charge is 0.144 e. The van der Waals surface area contributed by atoms with Gasteiger partial charge in [0.25, 0.3) is 0 Å². The summed E-state index contributed by atoms with van der Waals surface area (Å²) in [6, 6.07) is 5.55. The number of aryl methyl sites for hydroxylation is 1. The van der Waals surface area contributed by atoms with E-state index in [9.17, 15) is 8.42 Å². The number of hydrogen-bond acceptors (Lipinski definition) is 3. The topological polar surface area (TPSA) is 43.4 Å². The van der Waals surface area contributed by atoms with E-state index in [-0.39, 0.29) is 5.75 Å². The van der Waals surface area contributed by atoms with Crippen LogP contribution in [0.5, 0.6) is 5.75 Å². The molecule has 1 aromatic carbocycles. The molecule has 0 aliphatic carbocycles. The summed E-state index contributed by atoms with van der Waals surface area (Å²) in [7, 11) is -2.40. The van der Waals surface area contributed by atoms with Crippen molar-refractivity contribution in [2.75, 3.05) is 4.61 Å². The molecule has 0 fully saturated rings. The van der Waals surface area contributed by atoms with Crippen LogP contribution >= 0.6 is 22.6 Å². The second kappa shape index (κ2) is 5.55. The maximum Gasteiger partial charge on any atom is 0.144 e. The zero-order valence-electron chi connectivity index (χ0n) is 7.70. The van der Waals surface area contributed by atoms with E-state index in [0.29, 0.717) is 10.4 Å². The van der Waals surface area contributed by atoms with Gasteiger partial charge in [0.2, 0.25) is 0 Å². The van der Waals surface area contributed by atoms with Crippen molar-refractivity contribution in [2.45, 2.75) is 12.7 Å². The highest BCUT2D eigenvalue weighted by Crippen LogP contribution is 2.21. The van der Waals surface area contributed by atoms with Gasteiger partial charge >= 0.3 is 0 Å². The van der Waals surface area contributed by atoms with Gasteiger partial charge in [-0.25, -0.2) is 8.42 Å². The summed E-state index contributed by atoms with van der Waals surface area (Å²) < 4.78 is 27.1. The fourth-order valence-corrected chi connectivity index (χ4v) is 2.03. The van der Waals surface area contributed by atoms with Gasteiger partial charge < -0.3 is 4.74 Å². The highest BCUT2D eigenvalue weighted by molar-refractivity contribution is 14.1. The molecule has 0 aliphatic rings. The maximum absolute atomic E-state index is 10.6. The van der Waals surface area contributed by atoms with Gasteiger partial charge in [-0.1, -0.05) is 17.7 Å². The third-order valence-corrected chi connectivity index (χ3v) is 2.64. The Kier molecular flexibility index (Phi) is 4.67. The Morgan fingerprint density at radius 3 is 2.71 bits per heavy atom. The van der Waals surface area contributed by atoms with Crippen LogP contribution in [0.2, 0.25) is 0 Å². The molecule has 0 bridgehead atoms. The number of halogens is 1. The fraction of sp³-hybridized carbons (Fsp3) is 0.333. The molecule has 78 valence electrons. The second-order valence-corrected chi connectivity index (χ2v) is 4.46. The van der Waals surface area contributed by atoms with Crippen LogP contribution in [-0.2, 0) is 16.5 Å². The molecule has 14 heavy (non-hydrogen) atoms. The number of alkyl halides is 1. The maximum atomic E-state index is 10.6. The van der Waals surface area contributed by atoms with Crippen LogP contribution in [0.15, 0.2) is 18.2 Å². The van der Waals surface area contributed by atoms with E-state index in [1.807, 2.05) is 25.1 Å². The lowest BCUT2D eigenvalue weighted by molar-refractivity contribution is 0.400. The molecule has 0 atom stereocenters. The Labute approximate surface area is 98.6 Å². The molecule has 0 aromatic heterocycles. The van der Waals surface area contributed by atoms with Crippen LogP contribution < -0.4 is 4.74 Å². The van der Waals surface area contributed by atoms with Crippen molar-refractivity contribution in [3.8, 4) is 5.75 Å². The standard InChI is InChI=1S/C9H11IO3S/c1-7-2-3-9(13-6-10)8(4-7)5-14(11)12/h2-4,14H,5-6H2,1H3. The zero-order chi connectivity index (χ0) is 10.6. The summed E-state index contributed by atoms with van der Waals surface area (Å²) in [5.74, 6) is 0.701. The minimum absolute atomic E-state index is 0.0446. The number of rotatable bonds is 4. The quantitative estimate of drug-likeness (QED) is 0.522. The molecule has 1 rings (SSSR count). The zero-order valence-corrected chi connectivity index (χ0v) is 10.7. The molecule has 0 spiro atoms. The molecule has 1 aromatic rings. The minimum atomic E-state index is -2.40. The molecule has 0 amide bonds. The van der Waals surface area contributed by atoms with Gasteiger partial charge in [-0.2, -0.15) is 0 Å². The average Bonchev–Trinajstić information content (AvgIpc) is 2.09. The summed E-state index contributed by atoms with van der Waals surface area (Å²) in [6.45, 7) is 1.93. The number of benzene rings is 1. The van der Waals surface area contributed by atoms with E-state index in [1.165, 1.54) is 0 Å². The Morgan fingerprint density at radius 1 is 1.43 bits per heavy atom. The lowest BCUT2D eigenvalue weighted by Gasteiger charge is -2.07. The fourth-order valence-electron chi connectivity index (χ4n) is 1.17. The van der Waals surface area contributed by atoms with E-state index in [2.05, 4.69) is 22.6 Å². The minimum Gasteiger partial charge on any atom is -0.483 e. The predicted molar refractivity (Wildman–Crippen MR) is 64.7 cm³/mol. The van der Waals surface area contributed by atoms with Crippen LogP contribution in [-0.4, -0.2) is 13.0 Å². The first-order chi connectivity index (χ1) is 6.63. The van der Waals surface area contributed by atoms with Crippen molar-refractivity contribution in [1.29, 1.82) is 0 Å². The first-order valence-corrected chi connectivity index (χ1v) is 6.92. The van der Waals surface area contributed by atoms with Gasteiger partial charge in [0.15, 0.2) is 0 Å². The molecule has 0 N–H and O–H groups in total. The Balaban J connectivity index is 3.02. The molecule has 0 heterocycles. The van der Waals surface area contributed by atoms with Crippen LogP contribution in [0.25, 0.3) is 0 Å². The van der Waals surface area contributed by atoms with Crippen molar-refractivity contribution in [3.05, 3.63) is 29.3 Å². The third-order valence-electron chi connectivity index (χ3n) is 1.73. The van der Waals surface area contributed by atoms with Gasteiger partial charge in [-0.3, -0.25) is 0 Å². The van der Waals surface area contributed by atoms with Gasteiger partial charge in [-0.05, 0) is 35.6 Å². The molecule has 0 unspecified atom stereocenters. The molecule has 5 heteroatoms. The summed E-state index contributed by atoms with van der Waals surface area (Å²) in [5, 5.41) is 0. The van der Waals surface area contributed by atoms with Gasteiger partial charge in [0.05, 0.1) is 5.75 Å². The largest absolute Gasteiger partial charge is 0.483 e. The van der Waals surface area contributed by atoms with E-state index < -0.39 is 10.7 Å². The SMILES string of the molecule is Cc1ccc(OCI)c(C[SH](=O)=O)c1. The number of thiol groups is 1.